The molecule has 0 saturated carbocycles. The molecule has 1 heterocycles. The standard InChI is InChI=1S/C19H27NO6/c1-5-24-16(21)19(20-17(22)26-18(2,3)4)13-23-12-15(19)25-11-14-9-7-6-8-10-14/h6-10,15H,5,11-13H2,1-4H3,(H,20,22). The van der Waals surface area contributed by atoms with Crippen molar-refractivity contribution in [3.05, 3.63) is 35.9 Å². The van der Waals surface area contributed by atoms with Gasteiger partial charge in [0.1, 0.15) is 11.7 Å². The molecule has 0 bridgehead atoms. The second kappa shape index (κ2) is 8.51. The van der Waals surface area contributed by atoms with Crippen molar-refractivity contribution < 1.29 is 28.5 Å². The highest BCUT2D eigenvalue weighted by molar-refractivity contribution is 5.87. The number of nitrogens with one attached hydrogen (secondary N) is 1. The number of ether oxygens (including phenoxy) is 4. The van der Waals surface area contributed by atoms with Crippen LogP contribution < -0.4 is 5.32 Å². The maximum atomic E-state index is 12.6. The van der Waals surface area contributed by atoms with Crippen LogP contribution >= 0.6 is 0 Å². The Morgan fingerprint density at radius 1 is 1.27 bits per heavy atom. The number of amides is 1. The molecule has 1 saturated heterocycles. The van der Waals surface area contributed by atoms with Gasteiger partial charge in [-0.05, 0) is 33.3 Å². The second-order valence-corrected chi connectivity index (χ2v) is 7.12. The van der Waals surface area contributed by atoms with E-state index in [2.05, 4.69) is 5.32 Å². The Kier molecular flexibility index (Phi) is 6.61. The van der Waals surface area contributed by atoms with E-state index < -0.39 is 29.3 Å². The Morgan fingerprint density at radius 3 is 2.58 bits per heavy atom. The van der Waals surface area contributed by atoms with E-state index in [0.717, 1.165) is 5.56 Å². The molecule has 2 atom stereocenters. The van der Waals surface area contributed by atoms with Crippen LogP contribution in [-0.2, 0) is 30.3 Å². The van der Waals surface area contributed by atoms with Crippen LogP contribution in [0.2, 0.25) is 0 Å². The van der Waals surface area contributed by atoms with Crippen molar-refractivity contribution in [3.8, 4) is 0 Å². The minimum absolute atomic E-state index is 0.0372. The van der Waals surface area contributed by atoms with Gasteiger partial charge in [-0.2, -0.15) is 0 Å². The third-order valence-electron chi connectivity index (χ3n) is 3.81. The number of hydrogen-bond donors (Lipinski definition) is 1. The van der Waals surface area contributed by atoms with Crippen molar-refractivity contribution in [2.24, 2.45) is 0 Å². The maximum Gasteiger partial charge on any atom is 0.408 e. The van der Waals surface area contributed by atoms with Crippen LogP contribution in [0.3, 0.4) is 0 Å². The van der Waals surface area contributed by atoms with Crippen molar-refractivity contribution in [2.45, 2.75) is 51.5 Å². The van der Waals surface area contributed by atoms with E-state index in [4.69, 9.17) is 18.9 Å². The molecule has 2 unspecified atom stereocenters. The fourth-order valence-corrected chi connectivity index (χ4v) is 2.63. The van der Waals surface area contributed by atoms with Gasteiger partial charge in [0.2, 0.25) is 0 Å². The van der Waals surface area contributed by atoms with Gasteiger partial charge in [-0.25, -0.2) is 9.59 Å². The van der Waals surface area contributed by atoms with Gasteiger partial charge in [-0.3, -0.25) is 0 Å². The second-order valence-electron chi connectivity index (χ2n) is 7.12. The molecule has 1 aromatic carbocycles. The zero-order chi connectivity index (χ0) is 19.2. The molecule has 0 aliphatic carbocycles. The summed E-state index contributed by atoms with van der Waals surface area (Å²) >= 11 is 0. The lowest BCUT2D eigenvalue weighted by atomic mass is 9.95. The molecule has 144 valence electrons. The first-order valence-electron chi connectivity index (χ1n) is 8.68. The number of alkyl carbamates (subject to hydrolysis) is 1. The summed E-state index contributed by atoms with van der Waals surface area (Å²) in [5.74, 6) is -0.596. The van der Waals surface area contributed by atoms with E-state index in [1.165, 1.54) is 0 Å². The summed E-state index contributed by atoms with van der Waals surface area (Å²) in [6.45, 7) is 7.54. The van der Waals surface area contributed by atoms with Gasteiger partial charge in [-0.1, -0.05) is 30.3 Å². The van der Waals surface area contributed by atoms with Crippen molar-refractivity contribution >= 4 is 12.1 Å². The zero-order valence-electron chi connectivity index (χ0n) is 15.7. The smallest absolute Gasteiger partial charge is 0.408 e. The van der Waals surface area contributed by atoms with E-state index in [1.54, 1.807) is 27.7 Å². The van der Waals surface area contributed by atoms with E-state index in [9.17, 15) is 9.59 Å². The fourth-order valence-electron chi connectivity index (χ4n) is 2.63. The van der Waals surface area contributed by atoms with E-state index in [-0.39, 0.29) is 26.4 Å². The lowest BCUT2D eigenvalue weighted by Crippen LogP contribution is -2.63. The molecule has 1 aromatic rings. The normalized spacial score (nSPS) is 22.7. The molecule has 1 amide bonds. The average molecular weight is 365 g/mol. The minimum Gasteiger partial charge on any atom is -0.464 e. The first kappa shape index (κ1) is 20.2. The van der Waals surface area contributed by atoms with Crippen LogP contribution in [0, 0.1) is 0 Å². The predicted molar refractivity (Wildman–Crippen MR) is 94.6 cm³/mol. The van der Waals surface area contributed by atoms with Gasteiger partial charge >= 0.3 is 12.1 Å². The lowest BCUT2D eigenvalue weighted by molar-refractivity contribution is -0.156. The molecular formula is C19H27NO6. The topological polar surface area (TPSA) is 83.1 Å². The SMILES string of the molecule is CCOC(=O)C1(NC(=O)OC(C)(C)C)COCC1OCc1ccccc1. The average Bonchev–Trinajstić information content (AvgIpc) is 2.96. The molecular weight excluding hydrogens is 338 g/mol. The zero-order valence-corrected chi connectivity index (χ0v) is 15.7. The predicted octanol–water partition coefficient (Wildman–Crippen LogP) is 2.43. The van der Waals surface area contributed by atoms with Gasteiger partial charge < -0.3 is 24.3 Å². The van der Waals surface area contributed by atoms with Gasteiger partial charge in [0, 0.05) is 0 Å². The summed E-state index contributed by atoms with van der Waals surface area (Å²) in [7, 11) is 0. The van der Waals surface area contributed by atoms with Crippen LogP contribution in [-0.4, -0.2) is 49.1 Å². The van der Waals surface area contributed by atoms with Crippen LogP contribution in [0.15, 0.2) is 30.3 Å². The number of benzene rings is 1. The summed E-state index contributed by atoms with van der Waals surface area (Å²) in [6.07, 6.45) is -1.40. The summed E-state index contributed by atoms with van der Waals surface area (Å²) in [6, 6.07) is 9.56. The van der Waals surface area contributed by atoms with Crippen LogP contribution in [0.4, 0.5) is 4.79 Å². The monoisotopic (exact) mass is 365 g/mol. The van der Waals surface area contributed by atoms with Crippen molar-refractivity contribution in [3.63, 3.8) is 0 Å². The Balaban J connectivity index is 2.15. The van der Waals surface area contributed by atoms with Crippen LogP contribution in [0.1, 0.15) is 33.3 Å². The Hall–Kier alpha value is -2.12. The molecule has 7 nitrogen and oxygen atoms in total. The maximum absolute atomic E-state index is 12.6. The van der Waals surface area contributed by atoms with Crippen molar-refractivity contribution in [2.75, 3.05) is 19.8 Å². The molecule has 7 heteroatoms. The van der Waals surface area contributed by atoms with Crippen molar-refractivity contribution in [1.82, 2.24) is 5.32 Å². The summed E-state index contributed by atoms with van der Waals surface area (Å²) in [4.78, 5) is 24.9. The highest BCUT2D eigenvalue weighted by Crippen LogP contribution is 2.26. The minimum atomic E-state index is -1.44. The van der Waals surface area contributed by atoms with Crippen LogP contribution in [0.5, 0.6) is 0 Å². The third-order valence-corrected chi connectivity index (χ3v) is 3.81. The van der Waals surface area contributed by atoms with Crippen LogP contribution in [0.25, 0.3) is 0 Å². The van der Waals surface area contributed by atoms with Crippen molar-refractivity contribution in [1.29, 1.82) is 0 Å². The highest BCUT2D eigenvalue weighted by Gasteiger charge is 2.54. The molecule has 2 rings (SSSR count). The Morgan fingerprint density at radius 2 is 1.96 bits per heavy atom. The van der Waals surface area contributed by atoms with E-state index in [1.807, 2.05) is 30.3 Å². The number of hydrogen-bond acceptors (Lipinski definition) is 6. The first-order valence-corrected chi connectivity index (χ1v) is 8.68. The van der Waals surface area contributed by atoms with Gasteiger partial charge in [-0.15, -0.1) is 0 Å². The fraction of sp³-hybridized carbons (Fsp3) is 0.579. The van der Waals surface area contributed by atoms with E-state index >= 15 is 0 Å². The molecule has 1 fully saturated rings. The molecule has 1 N–H and O–H groups in total. The highest BCUT2D eigenvalue weighted by atomic mass is 16.6. The van der Waals surface area contributed by atoms with Gasteiger partial charge in [0.15, 0.2) is 5.54 Å². The largest absolute Gasteiger partial charge is 0.464 e. The summed E-state index contributed by atoms with van der Waals surface area (Å²) in [5, 5.41) is 2.63. The number of rotatable bonds is 6. The summed E-state index contributed by atoms with van der Waals surface area (Å²) < 4.78 is 21.8. The molecule has 1 aliphatic rings. The Bertz CT molecular complexity index is 612. The summed E-state index contributed by atoms with van der Waals surface area (Å²) in [5.41, 5.74) is -1.18. The molecule has 0 radical (unpaired) electrons. The number of esters is 1. The quantitative estimate of drug-likeness (QED) is 0.780. The van der Waals surface area contributed by atoms with E-state index in [0.29, 0.717) is 0 Å². The molecule has 0 spiro atoms. The number of carbonyl (C=O) groups is 2. The lowest BCUT2D eigenvalue weighted by Gasteiger charge is -2.32. The third kappa shape index (κ3) is 5.19. The number of carbonyl (C=O) groups excluding carboxylic acids is 2. The Labute approximate surface area is 153 Å². The first-order chi connectivity index (χ1) is 12.3. The molecule has 26 heavy (non-hydrogen) atoms. The molecule has 1 aliphatic heterocycles. The molecule has 0 aromatic heterocycles. The van der Waals surface area contributed by atoms with Gasteiger partial charge in [0.05, 0.1) is 26.4 Å². The van der Waals surface area contributed by atoms with Gasteiger partial charge in [0.25, 0.3) is 0 Å².